The molecule has 1 aromatic rings. The van der Waals surface area contributed by atoms with Crippen molar-refractivity contribution >= 4 is 0 Å². The summed E-state index contributed by atoms with van der Waals surface area (Å²) < 4.78 is 17.6. The second kappa shape index (κ2) is 4.56. The van der Waals surface area contributed by atoms with Gasteiger partial charge in [0, 0.05) is 0 Å². The summed E-state index contributed by atoms with van der Waals surface area (Å²) in [5.41, 5.74) is 0.841. The molecule has 1 aromatic carbocycles. The van der Waals surface area contributed by atoms with E-state index in [9.17, 15) is 5.11 Å². The van der Waals surface area contributed by atoms with Crippen molar-refractivity contribution in [1.29, 1.82) is 0 Å². The van der Waals surface area contributed by atoms with Crippen molar-refractivity contribution in [3.8, 4) is 0 Å². The first-order valence-electron chi connectivity index (χ1n) is 6.72. The number of rotatable bonds is 2. The van der Waals surface area contributed by atoms with Crippen LogP contribution in [0.3, 0.4) is 0 Å². The second-order valence-electron chi connectivity index (χ2n) is 5.73. The SMILES string of the molecule is C[C@H]1O[C@H]([C@@H](O)c2ccccc2)[C@H]2OC(C)(C)O[C@H]21. The van der Waals surface area contributed by atoms with Gasteiger partial charge in [0.15, 0.2) is 5.79 Å². The van der Waals surface area contributed by atoms with Gasteiger partial charge in [0.05, 0.1) is 6.10 Å². The zero-order valence-electron chi connectivity index (χ0n) is 11.4. The van der Waals surface area contributed by atoms with Crippen LogP contribution in [0.2, 0.25) is 0 Å². The van der Waals surface area contributed by atoms with Gasteiger partial charge in [0.25, 0.3) is 0 Å². The van der Waals surface area contributed by atoms with Gasteiger partial charge in [-0.2, -0.15) is 0 Å². The summed E-state index contributed by atoms with van der Waals surface area (Å²) in [4.78, 5) is 0. The molecule has 104 valence electrons. The van der Waals surface area contributed by atoms with E-state index in [-0.39, 0.29) is 24.4 Å². The molecular weight excluding hydrogens is 244 g/mol. The zero-order chi connectivity index (χ0) is 13.6. The van der Waals surface area contributed by atoms with Crippen LogP contribution in [-0.4, -0.2) is 35.3 Å². The van der Waals surface area contributed by atoms with Crippen LogP contribution in [0.5, 0.6) is 0 Å². The van der Waals surface area contributed by atoms with Gasteiger partial charge < -0.3 is 19.3 Å². The Labute approximate surface area is 113 Å². The molecule has 2 saturated heterocycles. The minimum Gasteiger partial charge on any atom is -0.386 e. The highest BCUT2D eigenvalue weighted by atomic mass is 16.8. The van der Waals surface area contributed by atoms with Gasteiger partial charge in [0.1, 0.15) is 24.4 Å². The lowest BCUT2D eigenvalue weighted by Crippen LogP contribution is -2.34. The van der Waals surface area contributed by atoms with Crippen molar-refractivity contribution in [2.24, 2.45) is 0 Å². The van der Waals surface area contributed by atoms with E-state index in [0.29, 0.717) is 0 Å². The molecule has 19 heavy (non-hydrogen) atoms. The minimum absolute atomic E-state index is 0.0739. The number of aliphatic hydroxyl groups excluding tert-OH is 1. The fourth-order valence-electron chi connectivity index (χ4n) is 2.93. The fraction of sp³-hybridized carbons (Fsp3) is 0.600. The molecule has 0 spiro atoms. The van der Waals surface area contributed by atoms with Gasteiger partial charge in [0.2, 0.25) is 0 Å². The van der Waals surface area contributed by atoms with E-state index in [0.717, 1.165) is 5.56 Å². The van der Waals surface area contributed by atoms with Crippen molar-refractivity contribution in [1.82, 2.24) is 0 Å². The third kappa shape index (κ3) is 2.30. The molecule has 4 heteroatoms. The summed E-state index contributed by atoms with van der Waals surface area (Å²) in [6.45, 7) is 5.74. The van der Waals surface area contributed by atoms with Crippen molar-refractivity contribution in [3.63, 3.8) is 0 Å². The predicted molar refractivity (Wildman–Crippen MR) is 69.6 cm³/mol. The molecule has 0 amide bonds. The molecule has 2 fully saturated rings. The van der Waals surface area contributed by atoms with E-state index in [4.69, 9.17) is 14.2 Å². The highest BCUT2D eigenvalue weighted by molar-refractivity contribution is 5.20. The van der Waals surface area contributed by atoms with E-state index in [1.807, 2.05) is 51.1 Å². The molecule has 0 bridgehead atoms. The highest BCUT2D eigenvalue weighted by Crippen LogP contribution is 2.42. The highest BCUT2D eigenvalue weighted by Gasteiger charge is 2.55. The Morgan fingerprint density at radius 2 is 1.74 bits per heavy atom. The molecule has 0 radical (unpaired) electrons. The summed E-state index contributed by atoms with van der Waals surface area (Å²) in [6.07, 6.45) is -1.49. The quantitative estimate of drug-likeness (QED) is 0.888. The number of fused-ring (bicyclic) bond motifs is 1. The topological polar surface area (TPSA) is 47.9 Å². The van der Waals surface area contributed by atoms with Gasteiger partial charge in [-0.25, -0.2) is 0 Å². The summed E-state index contributed by atoms with van der Waals surface area (Å²) >= 11 is 0. The molecule has 4 nitrogen and oxygen atoms in total. The van der Waals surface area contributed by atoms with Gasteiger partial charge >= 0.3 is 0 Å². The first-order valence-corrected chi connectivity index (χ1v) is 6.72. The van der Waals surface area contributed by atoms with E-state index >= 15 is 0 Å². The number of hydrogen-bond acceptors (Lipinski definition) is 4. The summed E-state index contributed by atoms with van der Waals surface area (Å²) in [5.74, 6) is -0.609. The Morgan fingerprint density at radius 1 is 1.11 bits per heavy atom. The Bertz CT molecular complexity index is 445. The molecule has 0 unspecified atom stereocenters. The number of hydrogen-bond donors (Lipinski definition) is 1. The molecule has 0 aromatic heterocycles. The van der Waals surface area contributed by atoms with Crippen LogP contribution in [0.25, 0.3) is 0 Å². The van der Waals surface area contributed by atoms with Crippen molar-refractivity contribution in [2.75, 3.05) is 0 Å². The smallest absolute Gasteiger partial charge is 0.164 e. The largest absolute Gasteiger partial charge is 0.386 e. The lowest BCUT2D eigenvalue weighted by Gasteiger charge is -2.26. The number of aliphatic hydroxyl groups is 1. The molecule has 1 N–H and O–H groups in total. The lowest BCUT2D eigenvalue weighted by molar-refractivity contribution is -0.195. The third-order valence-corrected chi connectivity index (χ3v) is 3.77. The predicted octanol–water partition coefficient (Wildman–Crippen LogP) is 2.03. The fourth-order valence-corrected chi connectivity index (χ4v) is 2.93. The monoisotopic (exact) mass is 264 g/mol. The summed E-state index contributed by atoms with van der Waals surface area (Å²) in [5, 5.41) is 10.5. The maximum Gasteiger partial charge on any atom is 0.164 e. The number of ether oxygens (including phenoxy) is 3. The minimum atomic E-state index is -0.698. The molecule has 3 rings (SSSR count). The molecule has 0 saturated carbocycles. The Balaban J connectivity index is 1.82. The normalized spacial score (nSPS) is 38.1. The summed E-state index contributed by atoms with van der Waals surface area (Å²) in [6, 6.07) is 9.53. The number of benzene rings is 1. The van der Waals surface area contributed by atoms with Crippen LogP contribution in [0.15, 0.2) is 30.3 Å². The molecule has 2 aliphatic heterocycles. The van der Waals surface area contributed by atoms with Crippen molar-refractivity contribution in [2.45, 2.75) is 57.1 Å². The molecule has 5 atom stereocenters. The zero-order valence-corrected chi connectivity index (χ0v) is 11.4. The van der Waals surface area contributed by atoms with E-state index in [2.05, 4.69) is 0 Å². The van der Waals surface area contributed by atoms with Gasteiger partial charge in [-0.15, -0.1) is 0 Å². The van der Waals surface area contributed by atoms with Gasteiger partial charge in [-0.1, -0.05) is 30.3 Å². The van der Waals surface area contributed by atoms with Crippen LogP contribution in [0.1, 0.15) is 32.4 Å². The van der Waals surface area contributed by atoms with Crippen LogP contribution < -0.4 is 0 Å². The molecular formula is C15H20O4. The van der Waals surface area contributed by atoms with Crippen molar-refractivity contribution in [3.05, 3.63) is 35.9 Å². The first-order chi connectivity index (χ1) is 8.98. The van der Waals surface area contributed by atoms with E-state index in [1.54, 1.807) is 0 Å². The average Bonchev–Trinajstić information content (AvgIpc) is 2.85. The van der Waals surface area contributed by atoms with E-state index in [1.165, 1.54) is 0 Å². The maximum atomic E-state index is 10.5. The maximum absolute atomic E-state index is 10.5. The first kappa shape index (κ1) is 13.1. The van der Waals surface area contributed by atoms with Crippen molar-refractivity contribution < 1.29 is 19.3 Å². The molecule has 0 aliphatic carbocycles. The van der Waals surface area contributed by atoms with E-state index < -0.39 is 11.9 Å². The second-order valence-corrected chi connectivity index (χ2v) is 5.73. The van der Waals surface area contributed by atoms with Crippen LogP contribution in [-0.2, 0) is 14.2 Å². The molecule has 2 aliphatic rings. The summed E-state index contributed by atoms with van der Waals surface area (Å²) in [7, 11) is 0. The van der Waals surface area contributed by atoms with Crippen LogP contribution >= 0.6 is 0 Å². The standard InChI is InChI=1S/C15H20O4/c1-9-12-14(19-15(2,3)18-12)13(17-9)11(16)10-7-5-4-6-8-10/h4-9,11-14,16H,1-3H3/t9-,11+,12+,13-,14+/m1/s1. The van der Waals surface area contributed by atoms with Crippen LogP contribution in [0, 0.1) is 0 Å². The Hall–Kier alpha value is -0.940. The van der Waals surface area contributed by atoms with Gasteiger partial charge in [-0.05, 0) is 26.3 Å². The molecule has 2 heterocycles. The van der Waals surface area contributed by atoms with Gasteiger partial charge in [-0.3, -0.25) is 0 Å². The average molecular weight is 264 g/mol. The lowest BCUT2D eigenvalue weighted by atomic mass is 9.99. The Morgan fingerprint density at radius 3 is 2.42 bits per heavy atom. The van der Waals surface area contributed by atoms with Crippen LogP contribution in [0.4, 0.5) is 0 Å². The third-order valence-electron chi connectivity index (χ3n) is 3.77. The Kier molecular flexibility index (Phi) is 3.14.